The molecule has 5 rings (SSSR count). The number of methoxy groups -OCH3 is 1. The maximum Gasteiger partial charge on any atom is 0.330 e. The quantitative estimate of drug-likeness (QED) is 0.107. The lowest BCUT2D eigenvalue weighted by Crippen LogP contribution is -2.48. The Kier molecular flexibility index (Phi) is 10.9. The SMILES string of the molecule is COc1ccc2c(O[C@H]3C[C@@H](C=O)[C@H](C(=O)N[C@]4(C(=O)O)C[C@H]4/C=C\CCCCN(C)C)C3)cc(-c3nc(C(C)C)cs3)nc2c1Cl. The molecular weight excluding hydrogens is 640 g/mol. The maximum atomic E-state index is 13.6. The Bertz CT molecular complexity index is 1660. The number of aldehydes is 1. The number of hydrogen-bond acceptors (Lipinski definition) is 9. The number of ether oxygens (including phenoxy) is 2. The van der Waals surface area contributed by atoms with E-state index in [1.807, 2.05) is 43.8 Å². The predicted octanol–water partition coefficient (Wildman–Crippen LogP) is 6.36. The number of amides is 1. The van der Waals surface area contributed by atoms with Crippen molar-refractivity contribution < 1.29 is 29.0 Å². The van der Waals surface area contributed by atoms with Gasteiger partial charge in [0.05, 0.1) is 24.2 Å². The van der Waals surface area contributed by atoms with E-state index in [9.17, 15) is 19.5 Å². The lowest BCUT2D eigenvalue weighted by Gasteiger charge is -2.20. The summed E-state index contributed by atoms with van der Waals surface area (Å²) < 4.78 is 12.0. The van der Waals surface area contributed by atoms with E-state index in [0.717, 1.165) is 37.8 Å². The first-order chi connectivity index (χ1) is 22.5. The minimum atomic E-state index is -1.35. The molecule has 1 aromatic carbocycles. The average Bonchev–Trinajstić information content (AvgIpc) is 3.34. The van der Waals surface area contributed by atoms with Crippen molar-refractivity contribution in [2.45, 2.75) is 69.9 Å². The molecule has 2 heterocycles. The number of carbonyl (C=O) groups excluding carboxylic acids is 2. The van der Waals surface area contributed by atoms with Gasteiger partial charge in [-0.3, -0.25) is 4.79 Å². The number of nitrogens with zero attached hydrogens (tertiary/aromatic N) is 3. The van der Waals surface area contributed by atoms with Gasteiger partial charge in [-0.25, -0.2) is 14.8 Å². The molecule has 2 saturated carbocycles. The van der Waals surface area contributed by atoms with Gasteiger partial charge in [0.1, 0.15) is 45.2 Å². The summed E-state index contributed by atoms with van der Waals surface area (Å²) in [6.45, 7) is 5.15. The standard InChI is InChI=1S/C35H43ClN4O6S/c1-20(2)27-19-47-33(38-27)26-16-29(24-11-12-28(45-5)30(36)31(24)37-26)46-23-14-21(18-41)25(15-23)32(42)39-35(34(43)44)17-22(35)10-8-6-7-9-13-40(3)4/h8,10-12,16,18-23,25H,6-7,9,13-15,17H2,1-5H3,(H,39,42)(H,43,44)/b10-8-/t21-,22+,23-,25+,35+/m0/s1. The van der Waals surface area contributed by atoms with Gasteiger partial charge in [0.25, 0.3) is 0 Å². The van der Waals surface area contributed by atoms with Gasteiger partial charge in [-0.05, 0) is 77.2 Å². The summed E-state index contributed by atoms with van der Waals surface area (Å²) in [7, 11) is 5.61. The van der Waals surface area contributed by atoms with Crippen LogP contribution < -0.4 is 14.8 Å². The highest BCUT2D eigenvalue weighted by atomic mass is 35.5. The number of hydrogen-bond donors (Lipinski definition) is 2. The number of allylic oxidation sites excluding steroid dienone is 1. The second-order valence-electron chi connectivity index (χ2n) is 13.1. The van der Waals surface area contributed by atoms with Crippen molar-refractivity contribution in [1.82, 2.24) is 20.2 Å². The molecule has 0 saturated heterocycles. The Hall–Kier alpha value is -3.54. The maximum absolute atomic E-state index is 13.6. The Morgan fingerprint density at radius 3 is 2.66 bits per heavy atom. The minimum Gasteiger partial charge on any atom is -0.495 e. The van der Waals surface area contributed by atoms with Crippen LogP contribution in [0.3, 0.4) is 0 Å². The third-order valence-corrected chi connectivity index (χ3v) is 10.4. The molecule has 2 fully saturated rings. The van der Waals surface area contributed by atoms with Gasteiger partial charge in [0.15, 0.2) is 0 Å². The van der Waals surface area contributed by atoms with E-state index in [4.69, 9.17) is 31.0 Å². The largest absolute Gasteiger partial charge is 0.495 e. The van der Waals surface area contributed by atoms with E-state index in [-0.39, 0.29) is 18.3 Å². The first-order valence-electron chi connectivity index (χ1n) is 16.1. The number of halogens is 1. The molecule has 3 aromatic rings. The number of rotatable bonds is 15. The lowest BCUT2D eigenvalue weighted by molar-refractivity contribution is -0.144. The molecule has 2 aliphatic carbocycles. The highest BCUT2D eigenvalue weighted by Crippen LogP contribution is 2.46. The Labute approximate surface area is 284 Å². The van der Waals surface area contributed by atoms with E-state index in [1.165, 1.54) is 18.4 Å². The van der Waals surface area contributed by atoms with Gasteiger partial charge < -0.3 is 29.6 Å². The van der Waals surface area contributed by atoms with Crippen LogP contribution in [0.15, 0.2) is 35.7 Å². The molecule has 0 bridgehead atoms. The monoisotopic (exact) mass is 682 g/mol. The van der Waals surface area contributed by atoms with Gasteiger partial charge in [-0.1, -0.05) is 37.6 Å². The number of fused-ring (bicyclic) bond motifs is 1. The van der Waals surface area contributed by atoms with Crippen LogP contribution in [-0.4, -0.2) is 77.5 Å². The van der Waals surface area contributed by atoms with Crippen LogP contribution in [0, 0.1) is 17.8 Å². The third kappa shape index (κ3) is 7.63. The fourth-order valence-corrected chi connectivity index (χ4v) is 7.44. The molecule has 0 aliphatic heterocycles. The number of thiazole rings is 1. The van der Waals surface area contributed by atoms with Gasteiger partial charge >= 0.3 is 5.97 Å². The van der Waals surface area contributed by atoms with E-state index < -0.39 is 35.4 Å². The first kappa shape index (κ1) is 34.8. The fourth-order valence-electron chi connectivity index (χ4n) is 6.22. The number of benzene rings is 1. The van der Waals surface area contributed by atoms with Crippen LogP contribution >= 0.6 is 22.9 Å². The number of unbranched alkanes of at least 4 members (excludes halogenated alkanes) is 2. The normalized spacial score (nSPS) is 23.9. The molecule has 2 N–H and O–H groups in total. The van der Waals surface area contributed by atoms with E-state index in [1.54, 1.807) is 6.07 Å². The molecule has 5 atom stereocenters. The van der Waals surface area contributed by atoms with Crippen LogP contribution in [0.1, 0.15) is 64.0 Å². The van der Waals surface area contributed by atoms with Crippen LogP contribution in [-0.2, 0) is 14.4 Å². The Morgan fingerprint density at radius 2 is 2.00 bits per heavy atom. The van der Waals surface area contributed by atoms with Crippen molar-refractivity contribution in [2.24, 2.45) is 17.8 Å². The number of carboxylic acid groups (broad SMARTS) is 1. The van der Waals surface area contributed by atoms with Gasteiger partial charge in [-0.15, -0.1) is 11.3 Å². The van der Waals surface area contributed by atoms with Crippen molar-refractivity contribution in [3.63, 3.8) is 0 Å². The summed E-state index contributed by atoms with van der Waals surface area (Å²) in [6.07, 6.45) is 8.04. The smallest absolute Gasteiger partial charge is 0.330 e. The molecule has 12 heteroatoms. The number of aliphatic carboxylic acids is 1. The third-order valence-electron chi connectivity index (χ3n) is 9.11. The second-order valence-corrected chi connectivity index (χ2v) is 14.4. The molecule has 10 nitrogen and oxygen atoms in total. The zero-order chi connectivity index (χ0) is 33.9. The summed E-state index contributed by atoms with van der Waals surface area (Å²) in [5, 5.41) is 16.6. The van der Waals surface area contributed by atoms with Gasteiger partial charge in [0.2, 0.25) is 5.91 Å². The van der Waals surface area contributed by atoms with Gasteiger partial charge in [0, 0.05) is 28.7 Å². The summed E-state index contributed by atoms with van der Waals surface area (Å²) in [5.74, 6) is -1.88. The first-order valence-corrected chi connectivity index (χ1v) is 17.3. The number of aromatic nitrogens is 2. The van der Waals surface area contributed by atoms with E-state index >= 15 is 0 Å². The Balaban J connectivity index is 1.33. The number of carboxylic acids is 1. The summed E-state index contributed by atoms with van der Waals surface area (Å²) in [6, 6.07) is 5.38. The number of carbonyl (C=O) groups is 3. The van der Waals surface area contributed by atoms with Crippen LogP contribution in [0.25, 0.3) is 21.6 Å². The van der Waals surface area contributed by atoms with Crippen molar-refractivity contribution in [2.75, 3.05) is 27.7 Å². The summed E-state index contributed by atoms with van der Waals surface area (Å²) >= 11 is 8.19. The molecule has 1 amide bonds. The summed E-state index contributed by atoms with van der Waals surface area (Å²) in [5.41, 5.74) is 0.691. The molecule has 252 valence electrons. The van der Waals surface area contributed by atoms with Crippen molar-refractivity contribution in [3.05, 3.63) is 46.4 Å². The van der Waals surface area contributed by atoms with Crippen LogP contribution in [0.5, 0.6) is 11.5 Å². The molecule has 0 spiro atoms. The number of nitrogens with one attached hydrogen (secondary N) is 1. The number of pyridine rings is 1. The Morgan fingerprint density at radius 1 is 1.21 bits per heavy atom. The van der Waals surface area contributed by atoms with Crippen molar-refractivity contribution >= 4 is 52.0 Å². The van der Waals surface area contributed by atoms with Crippen molar-refractivity contribution in [1.29, 1.82) is 0 Å². The summed E-state index contributed by atoms with van der Waals surface area (Å²) in [4.78, 5) is 49.8. The highest BCUT2D eigenvalue weighted by molar-refractivity contribution is 7.13. The second kappa shape index (κ2) is 14.7. The predicted molar refractivity (Wildman–Crippen MR) is 183 cm³/mol. The minimum absolute atomic E-state index is 0.252. The topological polar surface area (TPSA) is 131 Å². The van der Waals surface area contributed by atoms with Gasteiger partial charge in [-0.2, -0.15) is 0 Å². The fraction of sp³-hybridized carbons (Fsp3) is 0.514. The molecule has 47 heavy (non-hydrogen) atoms. The highest BCUT2D eigenvalue weighted by Gasteiger charge is 2.61. The van der Waals surface area contributed by atoms with Crippen LogP contribution in [0.4, 0.5) is 0 Å². The molecular formula is C35H43ClN4O6S. The van der Waals surface area contributed by atoms with E-state index in [2.05, 4.69) is 24.1 Å². The zero-order valence-electron chi connectivity index (χ0n) is 27.5. The average molecular weight is 683 g/mol. The molecule has 0 radical (unpaired) electrons. The van der Waals surface area contributed by atoms with Crippen molar-refractivity contribution in [3.8, 4) is 22.2 Å². The van der Waals surface area contributed by atoms with E-state index in [0.29, 0.717) is 51.0 Å². The molecule has 0 unspecified atom stereocenters. The molecule has 2 aliphatic rings. The molecule has 2 aromatic heterocycles. The lowest BCUT2D eigenvalue weighted by atomic mass is 9.96. The zero-order valence-corrected chi connectivity index (χ0v) is 29.1. The van der Waals surface area contributed by atoms with Crippen LogP contribution in [0.2, 0.25) is 5.02 Å².